The summed E-state index contributed by atoms with van der Waals surface area (Å²) in [5, 5.41) is 2.70. The van der Waals surface area contributed by atoms with E-state index < -0.39 is 5.97 Å². The Kier molecular flexibility index (Phi) is 6.87. The highest BCUT2D eigenvalue weighted by atomic mass is 79.9. The van der Waals surface area contributed by atoms with Gasteiger partial charge in [0.15, 0.2) is 6.61 Å². The lowest BCUT2D eigenvalue weighted by Crippen LogP contribution is -2.21. The van der Waals surface area contributed by atoms with Gasteiger partial charge < -0.3 is 10.1 Å². The van der Waals surface area contributed by atoms with Crippen LogP contribution >= 0.6 is 27.7 Å². The van der Waals surface area contributed by atoms with Gasteiger partial charge in [-0.2, -0.15) is 0 Å². The van der Waals surface area contributed by atoms with E-state index in [2.05, 4.69) is 21.2 Å². The van der Waals surface area contributed by atoms with Crippen molar-refractivity contribution in [3.05, 3.63) is 58.1 Å². The predicted molar refractivity (Wildman–Crippen MR) is 100 cm³/mol. The summed E-state index contributed by atoms with van der Waals surface area (Å²) in [6, 6.07) is 13.3. The molecule has 0 aliphatic rings. The lowest BCUT2D eigenvalue weighted by Gasteiger charge is -2.08. The zero-order chi connectivity index (χ0) is 17.5. The van der Waals surface area contributed by atoms with Crippen molar-refractivity contribution in [2.45, 2.75) is 18.7 Å². The minimum Gasteiger partial charge on any atom is -0.455 e. The van der Waals surface area contributed by atoms with E-state index in [9.17, 15) is 9.59 Å². The number of aryl methyl sites for hydroxylation is 2. The van der Waals surface area contributed by atoms with Crippen LogP contribution in [0.15, 0.2) is 51.8 Å². The Bertz CT molecular complexity index is 749. The first-order chi connectivity index (χ1) is 11.5. The molecule has 0 aromatic heterocycles. The summed E-state index contributed by atoms with van der Waals surface area (Å²) in [4.78, 5) is 24.6. The van der Waals surface area contributed by atoms with Gasteiger partial charge in [0.2, 0.25) is 0 Å². The SMILES string of the molecule is Cc1cc(NC(=O)COC(=O)CSc2ccccc2C)ccc1Br. The number of carbonyl (C=O) groups excluding carboxylic acids is 2. The molecule has 2 rings (SSSR count). The third-order valence-corrected chi connectivity index (χ3v) is 5.28. The Morgan fingerprint density at radius 2 is 1.88 bits per heavy atom. The van der Waals surface area contributed by atoms with Crippen LogP contribution in [0.3, 0.4) is 0 Å². The van der Waals surface area contributed by atoms with Crippen LogP contribution in [-0.2, 0) is 14.3 Å². The number of carbonyl (C=O) groups is 2. The van der Waals surface area contributed by atoms with Crippen LogP contribution in [0.1, 0.15) is 11.1 Å². The van der Waals surface area contributed by atoms with Crippen LogP contribution in [0.2, 0.25) is 0 Å². The van der Waals surface area contributed by atoms with Crippen molar-refractivity contribution in [3.8, 4) is 0 Å². The van der Waals surface area contributed by atoms with E-state index in [1.807, 2.05) is 50.2 Å². The van der Waals surface area contributed by atoms with Gasteiger partial charge in [0, 0.05) is 15.1 Å². The molecule has 6 heteroatoms. The number of thioether (sulfide) groups is 1. The van der Waals surface area contributed by atoms with E-state index in [1.165, 1.54) is 11.8 Å². The Morgan fingerprint density at radius 1 is 1.12 bits per heavy atom. The van der Waals surface area contributed by atoms with Gasteiger partial charge in [-0.1, -0.05) is 34.1 Å². The normalized spacial score (nSPS) is 10.3. The van der Waals surface area contributed by atoms with Gasteiger partial charge in [0.25, 0.3) is 5.91 Å². The second-order valence-electron chi connectivity index (χ2n) is 5.23. The molecular formula is C18H18BrNO3S. The number of rotatable bonds is 6. The molecule has 0 aliphatic heterocycles. The molecule has 1 N–H and O–H groups in total. The molecule has 0 radical (unpaired) electrons. The fourth-order valence-corrected chi connectivity index (χ4v) is 3.04. The number of hydrogen-bond acceptors (Lipinski definition) is 4. The molecule has 0 bridgehead atoms. The molecule has 0 saturated carbocycles. The predicted octanol–water partition coefficient (Wildman–Crippen LogP) is 4.34. The monoisotopic (exact) mass is 407 g/mol. The molecule has 0 unspecified atom stereocenters. The van der Waals surface area contributed by atoms with Crippen molar-refractivity contribution in [2.75, 3.05) is 17.7 Å². The van der Waals surface area contributed by atoms with E-state index in [4.69, 9.17) is 4.74 Å². The Labute approximate surface area is 154 Å². The number of amides is 1. The summed E-state index contributed by atoms with van der Waals surface area (Å²) in [6.45, 7) is 3.63. The molecule has 2 aromatic rings. The molecule has 0 heterocycles. The molecule has 2 aromatic carbocycles. The van der Waals surface area contributed by atoms with Crippen molar-refractivity contribution in [2.24, 2.45) is 0 Å². The molecule has 0 spiro atoms. The molecule has 1 amide bonds. The van der Waals surface area contributed by atoms with Gasteiger partial charge in [0.05, 0.1) is 5.75 Å². The van der Waals surface area contributed by atoms with Crippen LogP contribution in [-0.4, -0.2) is 24.2 Å². The van der Waals surface area contributed by atoms with E-state index in [1.54, 1.807) is 6.07 Å². The van der Waals surface area contributed by atoms with Gasteiger partial charge in [-0.3, -0.25) is 9.59 Å². The summed E-state index contributed by atoms with van der Waals surface area (Å²) >= 11 is 4.81. The third-order valence-electron chi connectivity index (χ3n) is 3.25. The first kappa shape index (κ1) is 18.5. The second kappa shape index (κ2) is 8.89. The van der Waals surface area contributed by atoms with E-state index in [-0.39, 0.29) is 18.3 Å². The maximum Gasteiger partial charge on any atom is 0.316 e. The van der Waals surface area contributed by atoms with E-state index >= 15 is 0 Å². The summed E-state index contributed by atoms with van der Waals surface area (Å²) in [6.07, 6.45) is 0. The molecule has 0 aliphatic carbocycles. The average molecular weight is 408 g/mol. The van der Waals surface area contributed by atoms with Crippen LogP contribution in [0, 0.1) is 13.8 Å². The number of ether oxygens (including phenoxy) is 1. The Hall–Kier alpha value is -1.79. The van der Waals surface area contributed by atoms with Crippen molar-refractivity contribution in [1.82, 2.24) is 0 Å². The highest BCUT2D eigenvalue weighted by Crippen LogP contribution is 2.22. The summed E-state index contributed by atoms with van der Waals surface area (Å²) in [7, 11) is 0. The maximum atomic E-state index is 11.8. The van der Waals surface area contributed by atoms with Crippen LogP contribution in [0.4, 0.5) is 5.69 Å². The molecule has 0 fully saturated rings. The summed E-state index contributed by atoms with van der Waals surface area (Å²) in [5.41, 5.74) is 2.80. The van der Waals surface area contributed by atoms with Crippen molar-refractivity contribution in [1.29, 1.82) is 0 Å². The first-order valence-electron chi connectivity index (χ1n) is 7.36. The number of nitrogens with one attached hydrogen (secondary N) is 1. The Morgan fingerprint density at radius 3 is 2.58 bits per heavy atom. The lowest BCUT2D eigenvalue weighted by atomic mass is 10.2. The molecule has 0 atom stereocenters. The minimum absolute atomic E-state index is 0.176. The maximum absolute atomic E-state index is 11.8. The molecular weight excluding hydrogens is 390 g/mol. The van der Waals surface area contributed by atoms with Crippen molar-refractivity contribution in [3.63, 3.8) is 0 Å². The number of esters is 1. The average Bonchev–Trinajstić information content (AvgIpc) is 2.55. The second-order valence-corrected chi connectivity index (χ2v) is 7.10. The third kappa shape index (κ3) is 5.69. The van der Waals surface area contributed by atoms with Gasteiger partial charge in [0.1, 0.15) is 0 Å². The molecule has 126 valence electrons. The highest BCUT2D eigenvalue weighted by Gasteiger charge is 2.10. The highest BCUT2D eigenvalue weighted by molar-refractivity contribution is 9.10. The van der Waals surface area contributed by atoms with E-state index in [0.29, 0.717) is 5.69 Å². The number of anilines is 1. The molecule has 4 nitrogen and oxygen atoms in total. The summed E-state index contributed by atoms with van der Waals surface area (Å²) < 4.78 is 5.98. The number of hydrogen-bond donors (Lipinski definition) is 1. The van der Waals surface area contributed by atoms with Gasteiger partial charge in [-0.05, 0) is 49.2 Å². The smallest absolute Gasteiger partial charge is 0.316 e. The molecule has 24 heavy (non-hydrogen) atoms. The molecule has 0 saturated heterocycles. The number of benzene rings is 2. The summed E-state index contributed by atoms with van der Waals surface area (Å²) in [5.74, 6) is -0.591. The topological polar surface area (TPSA) is 55.4 Å². The quantitative estimate of drug-likeness (QED) is 0.571. The lowest BCUT2D eigenvalue weighted by molar-refractivity contribution is -0.144. The van der Waals surface area contributed by atoms with Crippen molar-refractivity contribution < 1.29 is 14.3 Å². The number of halogens is 1. The van der Waals surface area contributed by atoms with Gasteiger partial charge in [-0.25, -0.2) is 0 Å². The standard InChI is InChI=1S/C18H18BrNO3S/c1-12-5-3-4-6-16(12)24-11-18(22)23-10-17(21)20-14-7-8-15(19)13(2)9-14/h3-9H,10-11H2,1-2H3,(H,20,21). The first-order valence-corrected chi connectivity index (χ1v) is 9.13. The van der Waals surface area contributed by atoms with Crippen LogP contribution in [0.5, 0.6) is 0 Å². The van der Waals surface area contributed by atoms with Crippen LogP contribution in [0.25, 0.3) is 0 Å². The Balaban J connectivity index is 1.76. The van der Waals surface area contributed by atoms with Gasteiger partial charge in [-0.15, -0.1) is 11.8 Å². The fraction of sp³-hybridized carbons (Fsp3) is 0.222. The van der Waals surface area contributed by atoms with E-state index in [0.717, 1.165) is 20.5 Å². The van der Waals surface area contributed by atoms with Crippen molar-refractivity contribution >= 4 is 45.3 Å². The fourth-order valence-electron chi connectivity index (χ4n) is 1.96. The minimum atomic E-state index is -0.412. The van der Waals surface area contributed by atoms with Crippen LogP contribution < -0.4 is 5.32 Å². The zero-order valence-corrected chi connectivity index (χ0v) is 15.9. The largest absolute Gasteiger partial charge is 0.455 e. The van der Waals surface area contributed by atoms with Gasteiger partial charge >= 0.3 is 5.97 Å². The zero-order valence-electron chi connectivity index (χ0n) is 13.5.